The summed E-state index contributed by atoms with van der Waals surface area (Å²) in [4.78, 5) is 26.5. The van der Waals surface area contributed by atoms with Crippen molar-refractivity contribution in [3.8, 4) is 5.75 Å². The average Bonchev–Trinajstić information content (AvgIpc) is 2.53. The second-order valence-electron chi connectivity index (χ2n) is 6.71. The third-order valence-electron chi connectivity index (χ3n) is 5.07. The third-order valence-corrected chi connectivity index (χ3v) is 5.84. The minimum absolute atomic E-state index is 0.0702. The zero-order chi connectivity index (χ0) is 17.5. The lowest BCUT2D eigenvalue weighted by Gasteiger charge is -2.44. The molecular formula is C18H21Cl2NO3. The number of nitrogens with zero attached hydrogens (tertiary/aromatic N) is 1. The molecule has 1 aromatic rings. The summed E-state index contributed by atoms with van der Waals surface area (Å²) in [6.07, 6.45) is 2.02. The van der Waals surface area contributed by atoms with Crippen LogP contribution in [0, 0.1) is 13.8 Å². The third kappa shape index (κ3) is 3.02. The quantitative estimate of drug-likeness (QED) is 0.742. The molecule has 1 aromatic carbocycles. The van der Waals surface area contributed by atoms with Gasteiger partial charge in [0.05, 0.1) is 12.0 Å². The number of rotatable bonds is 2. The highest BCUT2D eigenvalue weighted by Crippen LogP contribution is 2.43. The van der Waals surface area contributed by atoms with Crippen LogP contribution in [0.25, 0.3) is 0 Å². The number of ketones is 1. The lowest BCUT2D eigenvalue weighted by atomic mass is 9.81. The van der Waals surface area contributed by atoms with Gasteiger partial charge >= 0.3 is 0 Å². The van der Waals surface area contributed by atoms with Gasteiger partial charge in [-0.15, -0.1) is 11.6 Å². The maximum Gasteiger partial charge on any atom is 0.223 e. The zero-order valence-electron chi connectivity index (χ0n) is 14.0. The lowest BCUT2D eigenvalue weighted by molar-refractivity contribution is -0.134. The molecule has 2 aliphatic rings. The Bertz CT molecular complexity index is 694. The Morgan fingerprint density at radius 2 is 2.00 bits per heavy atom. The van der Waals surface area contributed by atoms with Crippen molar-refractivity contribution in [2.75, 3.05) is 19.0 Å². The zero-order valence-corrected chi connectivity index (χ0v) is 15.5. The van der Waals surface area contributed by atoms with E-state index in [-0.39, 0.29) is 11.7 Å². The van der Waals surface area contributed by atoms with Gasteiger partial charge in [-0.3, -0.25) is 9.59 Å². The highest BCUT2D eigenvalue weighted by Gasteiger charge is 2.44. The number of hydrogen-bond donors (Lipinski definition) is 0. The number of aryl methyl sites for hydroxylation is 1. The van der Waals surface area contributed by atoms with Crippen molar-refractivity contribution in [2.45, 2.75) is 45.1 Å². The smallest absolute Gasteiger partial charge is 0.223 e. The van der Waals surface area contributed by atoms with E-state index in [4.69, 9.17) is 27.9 Å². The highest BCUT2D eigenvalue weighted by atomic mass is 35.5. The number of hydrogen-bond acceptors (Lipinski definition) is 3. The molecule has 0 N–H and O–H groups in total. The molecule has 0 atom stereocenters. The molecule has 24 heavy (non-hydrogen) atoms. The molecule has 2 heterocycles. The first-order valence-electron chi connectivity index (χ1n) is 8.22. The SMILES string of the molecule is Cc1cc2c(c(C)c1Cl)C(=O)CC1(CCN(C(=O)CCCl)CC1)O2. The predicted molar refractivity (Wildman–Crippen MR) is 94.4 cm³/mol. The lowest BCUT2D eigenvalue weighted by Crippen LogP contribution is -2.52. The summed E-state index contributed by atoms with van der Waals surface area (Å²) >= 11 is 11.9. The molecule has 0 radical (unpaired) electrons. The van der Waals surface area contributed by atoms with Gasteiger partial charge in [0.2, 0.25) is 5.91 Å². The van der Waals surface area contributed by atoms with E-state index in [1.807, 2.05) is 24.8 Å². The summed E-state index contributed by atoms with van der Waals surface area (Å²) < 4.78 is 6.29. The maximum absolute atomic E-state index is 12.7. The number of amides is 1. The van der Waals surface area contributed by atoms with Crippen LogP contribution in [0.5, 0.6) is 5.75 Å². The van der Waals surface area contributed by atoms with Crippen LogP contribution in [0.15, 0.2) is 6.07 Å². The summed E-state index contributed by atoms with van der Waals surface area (Å²) in [5.74, 6) is 1.12. The number of benzene rings is 1. The summed E-state index contributed by atoms with van der Waals surface area (Å²) in [6, 6.07) is 1.86. The Kier molecular flexibility index (Phi) is 4.80. The van der Waals surface area contributed by atoms with Crippen LogP contribution >= 0.6 is 23.2 Å². The van der Waals surface area contributed by atoms with E-state index in [1.54, 1.807) is 0 Å². The number of Topliss-reactive ketones (excluding diaryl/α,β-unsaturated/α-hetero) is 1. The Morgan fingerprint density at radius 1 is 1.33 bits per heavy atom. The summed E-state index contributed by atoms with van der Waals surface area (Å²) in [7, 11) is 0. The molecule has 2 aliphatic heterocycles. The minimum atomic E-state index is -0.505. The number of fused-ring (bicyclic) bond motifs is 1. The number of ether oxygens (including phenoxy) is 1. The molecule has 0 unspecified atom stereocenters. The van der Waals surface area contributed by atoms with Gasteiger partial charge in [0.1, 0.15) is 11.4 Å². The first-order chi connectivity index (χ1) is 11.4. The number of likely N-dealkylation sites (tertiary alicyclic amines) is 1. The van der Waals surface area contributed by atoms with Crippen molar-refractivity contribution >= 4 is 34.9 Å². The van der Waals surface area contributed by atoms with Gasteiger partial charge in [-0.2, -0.15) is 0 Å². The molecule has 1 amide bonds. The first-order valence-corrected chi connectivity index (χ1v) is 9.14. The van der Waals surface area contributed by atoms with Crippen LogP contribution < -0.4 is 4.74 Å². The molecule has 0 saturated carbocycles. The van der Waals surface area contributed by atoms with Crippen LogP contribution in [0.1, 0.15) is 47.2 Å². The van der Waals surface area contributed by atoms with Gasteiger partial charge in [0, 0.05) is 43.3 Å². The highest BCUT2D eigenvalue weighted by molar-refractivity contribution is 6.32. The molecule has 0 aliphatic carbocycles. The monoisotopic (exact) mass is 369 g/mol. The number of alkyl halides is 1. The largest absolute Gasteiger partial charge is 0.486 e. The van der Waals surface area contributed by atoms with E-state index in [1.165, 1.54) is 0 Å². The van der Waals surface area contributed by atoms with Gasteiger partial charge < -0.3 is 9.64 Å². The Balaban J connectivity index is 1.82. The molecule has 6 heteroatoms. The number of halogens is 2. The van der Waals surface area contributed by atoms with E-state index in [9.17, 15) is 9.59 Å². The van der Waals surface area contributed by atoms with Crippen molar-refractivity contribution in [2.24, 2.45) is 0 Å². The molecule has 4 nitrogen and oxygen atoms in total. The minimum Gasteiger partial charge on any atom is -0.486 e. The van der Waals surface area contributed by atoms with E-state index in [0.29, 0.717) is 61.0 Å². The average molecular weight is 370 g/mol. The standard InChI is InChI=1S/C18H21Cl2NO3/c1-11-9-14-16(12(2)17(11)20)13(22)10-18(24-14)4-7-21(8-5-18)15(23)3-6-19/h9H,3-8,10H2,1-2H3. The number of carbonyl (C=O) groups excluding carboxylic acids is 2. The first kappa shape index (κ1) is 17.6. The van der Waals surface area contributed by atoms with Crippen LogP contribution in [0.3, 0.4) is 0 Å². The predicted octanol–water partition coefficient (Wildman–Crippen LogP) is 3.91. The van der Waals surface area contributed by atoms with Gasteiger partial charge in [-0.1, -0.05) is 11.6 Å². The molecule has 1 saturated heterocycles. The molecule has 0 aromatic heterocycles. The topological polar surface area (TPSA) is 46.6 Å². The normalized spacial score (nSPS) is 19.2. The van der Waals surface area contributed by atoms with Crippen LogP contribution in [-0.4, -0.2) is 41.2 Å². The summed E-state index contributed by atoms with van der Waals surface area (Å²) in [5, 5.41) is 0.628. The second-order valence-corrected chi connectivity index (χ2v) is 7.47. The van der Waals surface area contributed by atoms with E-state index < -0.39 is 5.60 Å². The molecule has 3 rings (SSSR count). The second kappa shape index (κ2) is 6.57. The Labute approximate surface area is 152 Å². The van der Waals surface area contributed by atoms with Crippen LogP contribution in [0.4, 0.5) is 0 Å². The fraction of sp³-hybridized carbons (Fsp3) is 0.556. The molecule has 1 spiro atoms. The van der Waals surface area contributed by atoms with E-state index >= 15 is 0 Å². The van der Waals surface area contributed by atoms with Crippen molar-refractivity contribution < 1.29 is 14.3 Å². The van der Waals surface area contributed by atoms with Gasteiger partial charge in [0.25, 0.3) is 0 Å². The summed E-state index contributed by atoms with van der Waals surface area (Å²) in [5.41, 5.74) is 1.81. The van der Waals surface area contributed by atoms with E-state index in [0.717, 1.165) is 11.1 Å². The van der Waals surface area contributed by atoms with Gasteiger partial charge in [-0.05, 0) is 31.0 Å². The molecule has 1 fully saturated rings. The maximum atomic E-state index is 12.7. The summed E-state index contributed by atoms with van der Waals surface area (Å²) in [6.45, 7) is 4.98. The fourth-order valence-corrected chi connectivity index (χ4v) is 3.99. The number of carbonyl (C=O) groups is 2. The molecule has 130 valence electrons. The van der Waals surface area contributed by atoms with Crippen LogP contribution in [-0.2, 0) is 4.79 Å². The van der Waals surface area contributed by atoms with E-state index in [2.05, 4.69) is 0 Å². The molecule has 0 bridgehead atoms. The Hall–Kier alpha value is -1.26. The van der Waals surface area contributed by atoms with Crippen LogP contribution in [0.2, 0.25) is 5.02 Å². The van der Waals surface area contributed by atoms with Crippen molar-refractivity contribution in [3.05, 3.63) is 27.8 Å². The van der Waals surface area contributed by atoms with Crippen molar-refractivity contribution in [1.82, 2.24) is 4.90 Å². The molecular weight excluding hydrogens is 349 g/mol. The van der Waals surface area contributed by atoms with Gasteiger partial charge in [0.15, 0.2) is 5.78 Å². The van der Waals surface area contributed by atoms with Crippen molar-refractivity contribution in [1.29, 1.82) is 0 Å². The van der Waals surface area contributed by atoms with Gasteiger partial charge in [-0.25, -0.2) is 0 Å². The Morgan fingerprint density at radius 3 is 2.62 bits per heavy atom. The number of piperidine rings is 1. The fourth-order valence-electron chi connectivity index (χ4n) is 3.68. The van der Waals surface area contributed by atoms with Crippen molar-refractivity contribution in [3.63, 3.8) is 0 Å².